The lowest BCUT2D eigenvalue weighted by molar-refractivity contribution is 0.0687. The molecule has 1 rings (SSSR count). The van der Waals surface area contributed by atoms with Gasteiger partial charge in [-0.15, -0.1) is 0 Å². The highest BCUT2D eigenvalue weighted by atomic mass is 16.4. The number of aromatic carboxylic acids is 1. The first-order valence-electron chi connectivity index (χ1n) is 3.03. The first-order chi connectivity index (χ1) is 5.66. The third-order valence-electron chi connectivity index (χ3n) is 1.29. The van der Waals surface area contributed by atoms with E-state index in [1.807, 2.05) is 0 Å². The Kier molecular flexibility index (Phi) is 2.05. The molecule has 0 amide bonds. The number of carboxylic acid groups (broad SMARTS) is 1. The van der Waals surface area contributed by atoms with Gasteiger partial charge in [-0.3, -0.25) is 4.79 Å². The monoisotopic (exact) mass is 167 g/mol. The molecule has 1 heterocycles. The Labute approximate surface area is 67.3 Å². The normalized spacial score (nSPS) is 9.33. The molecule has 2 N–H and O–H groups in total. The van der Waals surface area contributed by atoms with E-state index in [0.29, 0.717) is 6.29 Å². The van der Waals surface area contributed by atoms with Crippen molar-refractivity contribution in [3.63, 3.8) is 0 Å². The van der Waals surface area contributed by atoms with Crippen molar-refractivity contribution in [2.75, 3.05) is 0 Å². The van der Waals surface area contributed by atoms with Crippen LogP contribution in [0.2, 0.25) is 0 Å². The Morgan fingerprint density at radius 3 is 2.75 bits per heavy atom. The molecule has 5 heteroatoms. The van der Waals surface area contributed by atoms with Crippen molar-refractivity contribution in [1.82, 2.24) is 4.98 Å². The van der Waals surface area contributed by atoms with Gasteiger partial charge in [-0.05, 0) is 6.07 Å². The molecule has 0 saturated heterocycles. The topological polar surface area (TPSA) is 87.5 Å². The smallest absolute Gasteiger partial charge is 0.358 e. The molecule has 0 fully saturated rings. The maximum Gasteiger partial charge on any atom is 0.358 e. The van der Waals surface area contributed by atoms with Gasteiger partial charge < -0.3 is 10.2 Å². The second-order valence-corrected chi connectivity index (χ2v) is 2.02. The van der Waals surface area contributed by atoms with E-state index in [-0.39, 0.29) is 5.56 Å². The highest BCUT2D eigenvalue weighted by Gasteiger charge is 2.13. The van der Waals surface area contributed by atoms with Gasteiger partial charge in [-0.2, -0.15) is 0 Å². The van der Waals surface area contributed by atoms with Crippen LogP contribution in [0.15, 0.2) is 12.3 Å². The van der Waals surface area contributed by atoms with E-state index in [9.17, 15) is 9.59 Å². The molecule has 1 aromatic rings. The van der Waals surface area contributed by atoms with Crippen molar-refractivity contribution >= 4 is 12.3 Å². The summed E-state index contributed by atoms with van der Waals surface area (Å²) in [5.74, 6) is -1.96. The summed E-state index contributed by atoms with van der Waals surface area (Å²) < 4.78 is 0. The second kappa shape index (κ2) is 3.00. The quantitative estimate of drug-likeness (QED) is 0.618. The van der Waals surface area contributed by atoms with Gasteiger partial charge in [-0.1, -0.05) is 0 Å². The Bertz CT molecular complexity index is 334. The van der Waals surface area contributed by atoms with Crippen LogP contribution in [0.4, 0.5) is 0 Å². The fourth-order valence-corrected chi connectivity index (χ4v) is 0.721. The predicted molar refractivity (Wildman–Crippen MR) is 38.2 cm³/mol. The lowest BCUT2D eigenvalue weighted by atomic mass is 10.2. The molecule has 12 heavy (non-hydrogen) atoms. The maximum absolute atomic E-state index is 10.4. The number of pyridine rings is 1. The van der Waals surface area contributed by atoms with E-state index in [4.69, 9.17) is 10.2 Å². The van der Waals surface area contributed by atoms with Crippen molar-refractivity contribution in [3.05, 3.63) is 23.5 Å². The molecule has 1 aromatic heterocycles. The van der Waals surface area contributed by atoms with Gasteiger partial charge in [-0.25, -0.2) is 9.78 Å². The minimum atomic E-state index is -1.36. The number of hydrogen-bond donors (Lipinski definition) is 2. The molecule has 0 saturated carbocycles. The summed E-state index contributed by atoms with van der Waals surface area (Å²) in [4.78, 5) is 24.0. The number of aromatic nitrogens is 1. The van der Waals surface area contributed by atoms with Crippen LogP contribution in [-0.4, -0.2) is 27.5 Å². The van der Waals surface area contributed by atoms with Crippen LogP contribution in [0.3, 0.4) is 0 Å². The number of hydrogen-bond acceptors (Lipinski definition) is 4. The Morgan fingerprint density at radius 2 is 2.25 bits per heavy atom. The van der Waals surface area contributed by atoms with E-state index in [1.165, 1.54) is 6.07 Å². The molecule has 0 atom stereocenters. The average Bonchev–Trinajstić information content (AvgIpc) is 2.04. The molecule has 0 aliphatic rings. The van der Waals surface area contributed by atoms with Crippen molar-refractivity contribution in [2.45, 2.75) is 0 Å². The molecule has 0 aromatic carbocycles. The molecule has 0 bridgehead atoms. The molecular formula is C7H5NO4. The van der Waals surface area contributed by atoms with Crippen molar-refractivity contribution in [2.24, 2.45) is 0 Å². The van der Waals surface area contributed by atoms with Gasteiger partial charge in [0.05, 0.1) is 5.56 Å². The van der Waals surface area contributed by atoms with E-state index in [0.717, 1.165) is 6.20 Å². The Balaban J connectivity index is 3.32. The fraction of sp³-hybridized carbons (Fsp3) is 0. The Hall–Kier alpha value is -1.91. The molecule has 0 aliphatic carbocycles. The van der Waals surface area contributed by atoms with Crippen LogP contribution in [0, 0.1) is 0 Å². The summed E-state index contributed by atoms with van der Waals surface area (Å²) in [5.41, 5.74) is -0.595. The Morgan fingerprint density at radius 1 is 1.58 bits per heavy atom. The van der Waals surface area contributed by atoms with Gasteiger partial charge in [0.25, 0.3) is 0 Å². The van der Waals surface area contributed by atoms with Crippen molar-refractivity contribution < 1.29 is 19.8 Å². The minimum Gasteiger partial charge on any atom is -0.505 e. The standard InChI is InChI=1S/C7H5NO4/c9-3-4-1-2-8-5(6(4)10)7(11)12/h1-3,10H,(H,11,12). The van der Waals surface area contributed by atoms with Crippen LogP contribution in [-0.2, 0) is 0 Å². The predicted octanol–water partition coefficient (Wildman–Crippen LogP) is 0.298. The van der Waals surface area contributed by atoms with Gasteiger partial charge >= 0.3 is 5.97 Å². The molecule has 62 valence electrons. The minimum absolute atomic E-state index is 0.0811. The average molecular weight is 167 g/mol. The SMILES string of the molecule is O=Cc1ccnc(C(=O)O)c1O. The zero-order chi connectivity index (χ0) is 9.14. The van der Waals surface area contributed by atoms with Crippen molar-refractivity contribution in [3.8, 4) is 5.75 Å². The van der Waals surface area contributed by atoms with Gasteiger partial charge in [0.1, 0.15) is 0 Å². The van der Waals surface area contributed by atoms with Crippen LogP contribution in [0.1, 0.15) is 20.8 Å². The lowest BCUT2D eigenvalue weighted by Gasteiger charge is -1.98. The number of carbonyl (C=O) groups excluding carboxylic acids is 1. The second-order valence-electron chi connectivity index (χ2n) is 2.02. The fourth-order valence-electron chi connectivity index (χ4n) is 0.721. The highest BCUT2D eigenvalue weighted by Crippen LogP contribution is 2.17. The van der Waals surface area contributed by atoms with Crippen LogP contribution in [0.25, 0.3) is 0 Å². The van der Waals surface area contributed by atoms with Crippen LogP contribution < -0.4 is 0 Å². The summed E-state index contributed by atoms with van der Waals surface area (Å²) >= 11 is 0. The number of carbonyl (C=O) groups is 2. The van der Waals surface area contributed by atoms with E-state index in [1.54, 1.807) is 0 Å². The van der Waals surface area contributed by atoms with Gasteiger partial charge in [0.15, 0.2) is 17.7 Å². The summed E-state index contributed by atoms with van der Waals surface area (Å²) in [7, 11) is 0. The first-order valence-corrected chi connectivity index (χ1v) is 3.03. The third-order valence-corrected chi connectivity index (χ3v) is 1.29. The molecule has 0 unspecified atom stereocenters. The van der Waals surface area contributed by atoms with E-state index >= 15 is 0 Å². The number of rotatable bonds is 2. The summed E-state index contributed by atoms with van der Waals surface area (Å²) in [6, 6.07) is 1.23. The number of aldehydes is 1. The van der Waals surface area contributed by atoms with Gasteiger partial charge in [0, 0.05) is 6.20 Å². The molecular weight excluding hydrogens is 162 g/mol. The molecule has 5 nitrogen and oxygen atoms in total. The largest absolute Gasteiger partial charge is 0.505 e. The van der Waals surface area contributed by atoms with E-state index < -0.39 is 17.4 Å². The number of nitrogens with zero attached hydrogens (tertiary/aromatic N) is 1. The van der Waals surface area contributed by atoms with Crippen molar-refractivity contribution in [1.29, 1.82) is 0 Å². The first kappa shape index (κ1) is 8.19. The molecule has 0 spiro atoms. The number of carboxylic acids is 1. The molecule has 0 aliphatic heterocycles. The lowest BCUT2D eigenvalue weighted by Crippen LogP contribution is -2.01. The van der Waals surface area contributed by atoms with Crippen LogP contribution in [0.5, 0.6) is 5.75 Å². The third kappa shape index (κ3) is 1.24. The molecule has 0 radical (unpaired) electrons. The van der Waals surface area contributed by atoms with Crippen LogP contribution >= 0.6 is 0 Å². The summed E-state index contributed by atoms with van der Waals surface area (Å²) in [6.07, 6.45) is 1.51. The van der Waals surface area contributed by atoms with Gasteiger partial charge in [0.2, 0.25) is 0 Å². The highest BCUT2D eigenvalue weighted by molar-refractivity contribution is 5.92. The maximum atomic E-state index is 10.4. The summed E-state index contributed by atoms with van der Waals surface area (Å²) in [6.45, 7) is 0. The zero-order valence-electron chi connectivity index (χ0n) is 5.89. The zero-order valence-corrected chi connectivity index (χ0v) is 5.89. The van der Waals surface area contributed by atoms with E-state index in [2.05, 4.69) is 4.98 Å². The number of aromatic hydroxyl groups is 1. The summed E-state index contributed by atoms with van der Waals surface area (Å²) in [5, 5.41) is 17.5.